The average Bonchev–Trinajstić information content (AvgIpc) is 3.33. The third-order valence-corrected chi connectivity index (χ3v) is 10.6. The molecule has 2 N–H and O–H groups in total. The highest BCUT2D eigenvalue weighted by atomic mass is 16.5. The lowest BCUT2D eigenvalue weighted by Gasteiger charge is -2.39. The van der Waals surface area contributed by atoms with Crippen molar-refractivity contribution in [3.63, 3.8) is 0 Å². The van der Waals surface area contributed by atoms with Crippen LogP contribution in [0, 0.1) is 0 Å². The first kappa shape index (κ1) is 40.0. The third-order valence-electron chi connectivity index (χ3n) is 10.6. The summed E-state index contributed by atoms with van der Waals surface area (Å²) in [5.74, 6) is -0.886. The molecule has 1 fully saturated rings. The number of benzene rings is 2. The van der Waals surface area contributed by atoms with Crippen molar-refractivity contribution in [3.8, 4) is 11.3 Å². The van der Waals surface area contributed by atoms with Gasteiger partial charge in [0.1, 0.15) is 0 Å². The lowest BCUT2D eigenvalue weighted by atomic mass is 9.81. The quantitative estimate of drug-likeness (QED) is 0.128. The fraction of sp³-hybridized carbons (Fsp3) is 0.571. The number of hydrogen-bond donors (Lipinski definition) is 1. The predicted molar refractivity (Wildman–Crippen MR) is 201 cm³/mol. The van der Waals surface area contributed by atoms with Crippen molar-refractivity contribution in [1.82, 2.24) is 4.57 Å². The molecule has 7 heteroatoms. The molecule has 1 aromatic heterocycles. The summed E-state index contributed by atoms with van der Waals surface area (Å²) in [6, 6.07) is 13.7. The topological polar surface area (TPSA) is 98.5 Å². The van der Waals surface area contributed by atoms with E-state index in [2.05, 4.69) is 38.3 Å². The van der Waals surface area contributed by atoms with Crippen molar-refractivity contribution in [2.75, 3.05) is 33.3 Å². The van der Waals surface area contributed by atoms with Gasteiger partial charge in [0.2, 0.25) is 0 Å². The first-order valence-electron chi connectivity index (χ1n) is 19.0. The molecule has 0 saturated heterocycles. The summed E-state index contributed by atoms with van der Waals surface area (Å²) in [5.41, 5.74) is 6.06. The minimum absolute atomic E-state index is 0. The number of fused-ring (bicyclic) bond motifs is 5. The number of aromatic nitrogens is 1. The molecule has 0 bridgehead atoms. The molecule has 2 aliphatic rings. The second-order valence-corrected chi connectivity index (χ2v) is 14.1. The summed E-state index contributed by atoms with van der Waals surface area (Å²) in [7, 11) is 1.38. The first-order valence-corrected chi connectivity index (χ1v) is 19.0. The van der Waals surface area contributed by atoms with Crippen molar-refractivity contribution in [2.45, 2.75) is 124 Å². The van der Waals surface area contributed by atoms with Crippen LogP contribution in [0.25, 0.3) is 28.2 Å². The highest BCUT2D eigenvalue weighted by Crippen LogP contribution is 2.46. The Kier molecular flexibility index (Phi) is 16.1. The Morgan fingerprint density at radius 2 is 1.41 bits per heavy atom. The summed E-state index contributed by atoms with van der Waals surface area (Å²) >= 11 is 0. The smallest absolute Gasteiger partial charge is 0.337 e. The molecular weight excluding hydrogens is 612 g/mol. The van der Waals surface area contributed by atoms with Crippen LogP contribution in [-0.2, 0) is 16.1 Å². The minimum Gasteiger partial charge on any atom is -0.870 e. The van der Waals surface area contributed by atoms with E-state index in [0.717, 1.165) is 40.6 Å². The van der Waals surface area contributed by atoms with Gasteiger partial charge in [-0.25, -0.2) is 9.59 Å². The summed E-state index contributed by atoms with van der Waals surface area (Å²) in [6.07, 6.45) is 18.8. The molecule has 5 rings (SSSR count). The van der Waals surface area contributed by atoms with Crippen LogP contribution in [0.2, 0.25) is 0 Å². The third kappa shape index (κ3) is 9.85. The molecule has 7 nitrogen and oxygen atoms in total. The number of carboxylic acids is 1. The number of nitrogens with zero attached hydrogens (tertiary/aromatic N) is 2. The van der Waals surface area contributed by atoms with Gasteiger partial charge < -0.3 is 24.4 Å². The van der Waals surface area contributed by atoms with Crippen molar-refractivity contribution in [3.05, 3.63) is 64.7 Å². The normalized spacial score (nSPS) is 14.4. The number of quaternary nitrogens is 1. The number of carboxylic acid groups (broad SMARTS) is 1. The Morgan fingerprint density at radius 3 is 1.94 bits per heavy atom. The Bertz CT molecular complexity index is 1490. The zero-order valence-corrected chi connectivity index (χ0v) is 30.9. The van der Waals surface area contributed by atoms with E-state index < -0.39 is 5.97 Å². The van der Waals surface area contributed by atoms with Crippen molar-refractivity contribution in [1.29, 1.82) is 0 Å². The van der Waals surface area contributed by atoms with Gasteiger partial charge >= 0.3 is 11.9 Å². The van der Waals surface area contributed by atoms with Crippen molar-refractivity contribution >= 4 is 28.9 Å². The molecule has 1 aliphatic heterocycles. The molecule has 1 saturated carbocycles. The first-order chi connectivity index (χ1) is 23.3. The summed E-state index contributed by atoms with van der Waals surface area (Å²) in [5, 5.41) is 11.0. The Balaban J connectivity index is 0.000000312. The van der Waals surface area contributed by atoms with Gasteiger partial charge in [0.05, 0.1) is 56.7 Å². The molecule has 0 spiro atoms. The molecule has 3 aromatic rings. The number of carbonyl (C=O) groups is 2. The number of hydrogen-bond acceptors (Lipinski definition) is 4. The fourth-order valence-corrected chi connectivity index (χ4v) is 7.90. The molecule has 1 aliphatic carbocycles. The van der Waals surface area contributed by atoms with Crippen LogP contribution in [0.5, 0.6) is 0 Å². The van der Waals surface area contributed by atoms with Gasteiger partial charge in [0.25, 0.3) is 0 Å². The molecule has 2 heterocycles. The number of unbranched alkanes of at least 4 members (excludes halogenated alkanes) is 4. The number of aliphatic carboxylic acids is 1. The average molecular weight is 675 g/mol. The highest BCUT2D eigenvalue weighted by Gasteiger charge is 2.30. The van der Waals surface area contributed by atoms with Gasteiger partial charge in [-0.05, 0) is 73.8 Å². The van der Waals surface area contributed by atoms with E-state index in [9.17, 15) is 14.7 Å². The second-order valence-electron chi connectivity index (χ2n) is 14.1. The molecule has 49 heavy (non-hydrogen) atoms. The van der Waals surface area contributed by atoms with E-state index in [-0.39, 0.29) is 18.0 Å². The number of esters is 1. The fourth-order valence-electron chi connectivity index (χ4n) is 7.90. The van der Waals surface area contributed by atoms with Gasteiger partial charge in [-0.1, -0.05) is 103 Å². The number of carbonyl (C=O) groups excluding carboxylic acids is 1. The van der Waals surface area contributed by atoms with Crippen LogP contribution in [-0.4, -0.2) is 64.9 Å². The van der Waals surface area contributed by atoms with E-state index in [0.29, 0.717) is 17.1 Å². The summed E-state index contributed by atoms with van der Waals surface area (Å²) in [6.45, 7) is 15.3. The van der Waals surface area contributed by atoms with Gasteiger partial charge in [-0.3, -0.25) is 0 Å². The van der Waals surface area contributed by atoms with E-state index in [1.165, 1.54) is 114 Å². The van der Waals surface area contributed by atoms with E-state index >= 15 is 0 Å². The molecule has 0 radical (unpaired) electrons. The van der Waals surface area contributed by atoms with Crippen LogP contribution in [0.4, 0.5) is 0 Å². The molecular formula is C42H62N2O5. The maximum atomic E-state index is 12.2. The predicted octanol–water partition coefficient (Wildman–Crippen LogP) is 10.5. The van der Waals surface area contributed by atoms with Gasteiger partial charge in [0, 0.05) is 16.5 Å². The monoisotopic (exact) mass is 674 g/mol. The molecule has 0 atom stereocenters. The van der Waals surface area contributed by atoms with Gasteiger partial charge in [-0.15, -0.1) is 0 Å². The van der Waals surface area contributed by atoms with Gasteiger partial charge in [0.15, 0.2) is 0 Å². The van der Waals surface area contributed by atoms with Crippen LogP contribution in [0.1, 0.15) is 139 Å². The van der Waals surface area contributed by atoms with Crippen LogP contribution >= 0.6 is 0 Å². The van der Waals surface area contributed by atoms with Crippen molar-refractivity contribution < 1.29 is 29.4 Å². The largest absolute Gasteiger partial charge is 0.870 e. The Morgan fingerprint density at radius 1 is 0.837 bits per heavy atom. The lowest BCUT2D eigenvalue weighted by Crippen LogP contribution is -2.50. The number of methoxy groups -OCH3 is 1. The van der Waals surface area contributed by atoms with E-state index in [1.54, 1.807) is 6.08 Å². The molecule has 0 unspecified atom stereocenters. The summed E-state index contributed by atoms with van der Waals surface area (Å²) < 4.78 is 8.45. The Hall–Kier alpha value is -3.42. The van der Waals surface area contributed by atoms with Gasteiger partial charge in [-0.2, -0.15) is 0 Å². The van der Waals surface area contributed by atoms with Crippen LogP contribution < -0.4 is 0 Å². The maximum Gasteiger partial charge on any atom is 0.337 e. The lowest BCUT2D eigenvalue weighted by molar-refractivity contribution is -0.929. The van der Waals surface area contributed by atoms with E-state index in [1.807, 2.05) is 36.4 Å². The molecule has 2 aromatic carbocycles. The van der Waals surface area contributed by atoms with Crippen molar-refractivity contribution in [2.24, 2.45) is 0 Å². The number of rotatable bonds is 15. The van der Waals surface area contributed by atoms with Crippen LogP contribution in [0.15, 0.2) is 48.0 Å². The standard InChI is InChI=1S/C26H25NO4.C16H36N.H2O/c1-31-26(30)18-11-12-21-22(14-18)27-15-19(25(28)29)13-17-9-5-6-10-20(17)24(27)23(21)16-7-3-2-4-8-16;1-5-9-13-17(14-10-6-2,15-11-7-3)16-12-8-4;/h5-6,9-14,16H,2-4,7-8,15H2,1H3,(H,28,29);5-16H2,1-4H3;1H2/q;+1;/p-1. The van der Waals surface area contributed by atoms with E-state index in [4.69, 9.17) is 4.74 Å². The summed E-state index contributed by atoms with van der Waals surface area (Å²) in [4.78, 5) is 24.3. The Labute approximate surface area is 295 Å². The highest BCUT2D eigenvalue weighted by molar-refractivity contribution is 6.02. The molecule has 0 amide bonds. The maximum absolute atomic E-state index is 12.2. The van der Waals surface area contributed by atoms with Crippen LogP contribution in [0.3, 0.4) is 0 Å². The molecule has 270 valence electrons. The second kappa shape index (κ2) is 19.7. The zero-order chi connectivity index (χ0) is 34.5. The zero-order valence-electron chi connectivity index (χ0n) is 30.9. The minimum atomic E-state index is -0.923. The number of ether oxygens (including phenoxy) is 1. The SMILES string of the molecule is CCCC[N+](CCCC)(CCCC)CCCC.COC(=O)c1ccc2c(C3CCCCC3)c3n(c2c1)CC(C(=O)O)=Cc1ccccc1-3.[OH-].